The number of unbranched alkanes of at least 4 members (excludes halogenated alkanes) is 3. The van der Waals surface area contributed by atoms with E-state index >= 15 is 0 Å². The third kappa shape index (κ3) is 12.0. The number of Topliss-reactive ketones (excluding diaryl/α,β-unsaturated/α-hetero) is 1. The van der Waals surface area contributed by atoms with Crippen LogP contribution in [-0.2, 0) is 4.79 Å². The second kappa shape index (κ2) is 10.3. The van der Waals surface area contributed by atoms with Gasteiger partial charge in [0, 0.05) is 6.42 Å². The van der Waals surface area contributed by atoms with Gasteiger partial charge in [0.25, 0.3) is 0 Å². The normalized spacial score (nSPS) is 8.60. The quantitative estimate of drug-likeness (QED) is 0.405. The first kappa shape index (κ1) is 13.9. The molecule has 0 amide bonds. The SMILES string of the molecule is CCCCCCC(C)=O.[H-].[K+]. The van der Waals surface area contributed by atoms with Crippen LogP contribution in [0.25, 0.3) is 0 Å². The van der Waals surface area contributed by atoms with Crippen molar-refractivity contribution in [3.05, 3.63) is 0 Å². The van der Waals surface area contributed by atoms with Gasteiger partial charge in [-0.2, -0.15) is 0 Å². The van der Waals surface area contributed by atoms with E-state index in [1.807, 2.05) is 0 Å². The first-order chi connectivity index (χ1) is 4.27. The van der Waals surface area contributed by atoms with Gasteiger partial charge in [0.05, 0.1) is 0 Å². The van der Waals surface area contributed by atoms with Crippen molar-refractivity contribution >= 4 is 5.78 Å². The summed E-state index contributed by atoms with van der Waals surface area (Å²) in [6, 6.07) is 0. The Morgan fingerprint density at radius 3 is 2.30 bits per heavy atom. The number of ketones is 1. The number of carbonyl (C=O) groups is 1. The van der Waals surface area contributed by atoms with Gasteiger partial charge in [-0.3, -0.25) is 0 Å². The molecule has 2 heteroatoms. The standard InChI is InChI=1S/C8H16O.K.H/c1-3-4-5-6-7-8(2)9;;/h3-7H2,1-2H3;;/q;+1;-1. The zero-order chi connectivity index (χ0) is 7.11. The monoisotopic (exact) mass is 168 g/mol. The Morgan fingerprint density at radius 1 is 1.30 bits per heavy atom. The van der Waals surface area contributed by atoms with E-state index in [1.54, 1.807) is 6.92 Å². The topological polar surface area (TPSA) is 17.1 Å². The van der Waals surface area contributed by atoms with Crippen LogP contribution in [0.15, 0.2) is 0 Å². The largest absolute Gasteiger partial charge is 1.00 e. The summed E-state index contributed by atoms with van der Waals surface area (Å²) in [6.07, 6.45) is 5.60. The van der Waals surface area contributed by atoms with Gasteiger partial charge in [-0.1, -0.05) is 26.2 Å². The predicted molar refractivity (Wildman–Crippen MR) is 40.6 cm³/mol. The summed E-state index contributed by atoms with van der Waals surface area (Å²) in [5.41, 5.74) is 0. The van der Waals surface area contributed by atoms with Gasteiger partial charge in [-0.05, 0) is 13.3 Å². The molecule has 0 saturated heterocycles. The number of hydrogen-bond donors (Lipinski definition) is 0. The summed E-state index contributed by atoms with van der Waals surface area (Å²) < 4.78 is 0. The molecular formula is C8H17KO. The number of hydrogen-bond acceptors (Lipinski definition) is 1. The van der Waals surface area contributed by atoms with Gasteiger partial charge in [-0.15, -0.1) is 0 Å². The molecule has 0 N–H and O–H groups in total. The van der Waals surface area contributed by atoms with Crippen LogP contribution in [0.2, 0.25) is 0 Å². The zero-order valence-electron chi connectivity index (χ0n) is 8.44. The summed E-state index contributed by atoms with van der Waals surface area (Å²) in [5, 5.41) is 0. The molecule has 0 aliphatic rings. The van der Waals surface area contributed by atoms with E-state index in [-0.39, 0.29) is 52.8 Å². The maximum atomic E-state index is 10.4. The molecule has 0 heterocycles. The second-order valence-corrected chi connectivity index (χ2v) is 2.51. The average molecular weight is 168 g/mol. The second-order valence-electron chi connectivity index (χ2n) is 2.51. The Bertz CT molecular complexity index is 86.2. The first-order valence-corrected chi connectivity index (χ1v) is 3.76. The molecule has 56 valence electrons. The molecule has 0 aliphatic carbocycles. The van der Waals surface area contributed by atoms with Crippen LogP contribution >= 0.6 is 0 Å². The molecule has 0 spiro atoms. The van der Waals surface area contributed by atoms with Crippen LogP contribution in [-0.4, -0.2) is 5.78 Å². The molecule has 0 bridgehead atoms. The molecule has 10 heavy (non-hydrogen) atoms. The third-order valence-corrected chi connectivity index (χ3v) is 1.38. The van der Waals surface area contributed by atoms with E-state index in [2.05, 4.69) is 6.92 Å². The average Bonchev–Trinajstić information content (AvgIpc) is 1.80. The van der Waals surface area contributed by atoms with Crippen molar-refractivity contribution < 1.29 is 57.6 Å². The van der Waals surface area contributed by atoms with E-state index in [1.165, 1.54) is 19.3 Å². The summed E-state index contributed by atoms with van der Waals surface area (Å²) in [7, 11) is 0. The van der Waals surface area contributed by atoms with Crippen molar-refractivity contribution in [2.45, 2.75) is 46.0 Å². The fraction of sp³-hybridized carbons (Fsp3) is 0.875. The van der Waals surface area contributed by atoms with Crippen LogP contribution in [0.1, 0.15) is 47.4 Å². The van der Waals surface area contributed by atoms with Crippen molar-refractivity contribution in [1.82, 2.24) is 0 Å². The molecule has 0 aromatic rings. The maximum absolute atomic E-state index is 10.4. The van der Waals surface area contributed by atoms with Crippen molar-refractivity contribution in [2.24, 2.45) is 0 Å². The minimum Gasteiger partial charge on any atom is -1.00 e. The summed E-state index contributed by atoms with van der Waals surface area (Å²) in [4.78, 5) is 10.4. The minimum atomic E-state index is 0. The van der Waals surface area contributed by atoms with Crippen molar-refractivity contribution in [1.29, 1.82) is 0 Å². The number of rotatable bonds is 5. The molecule has 0 aliphatic heterocycles. The summed E-state index contributed by atoms with van der Waals surface area (Å²) in [5.74, 6) is 0.325. The van der Waals surface area contributed by atoms with Crippen LogP contribution in [0.3, 0.4) is 0 Å². The van der Waals surface area contributed by atoms with E-state index in [4.69, 9.17) is 0 Å². The summed E-state index contributed by atoms with van der Waals surface area (Å²) >= 11 is 0. The van der Waals surface area contributed by atoms with Crippen LogP contribution in [0, 0.1) is 0 Å². The van der Waals surface area contributed by atoms with E-state index in [0.717, 1.165) is 12.8 Å². The van der Waals surface area contributed by atoms with E-state index < -0.39 is 0 Å². The molecule has 1 nitrogen and oxygen atoms in total. The molecule has 0 unspecified atom stereocenters. The molecule has 0 saturated carbocycles. The molecule has 0 aromatic heterocycles. The van der Waals surface area contributed by atoms with Crippen LogP contribution in [0.4, 0.5) is 0 Å². The molecule has 0 rings (SSSR count). The Balaban J connectivity index is -0.000000320. The molecule has 0 radical (unpaired) electrons. The smallest absolute Gasteiger partial charge is 1.00 e. The maximum Gasteiger partial charge on any atom is 1.00 e. The Labute approximate surface area is 108 Å². The van der Waals surface area contributed by atoms with Gasteiger partial charge in [0.2, 0.25) is 0 Å². The Hall–Kier alpha value is 1.31. The van der Waals surface area contributed by atoms with Crippen LogP contribution < -0.4 is 51.4 Å². The molecule has 0 atom stereocenters. The van der Waals surface area contributed by atoms with Crippen LogP contribution in [0.5, 0.6) is 0 Å². The van der Waals surface area contributed by atoms with Gasteiger partial charge < -0.3 is 6.22 Å². The van der Waals surface area contributed by atoms with E-state index in [9.17, 15) is 4.79 Å². The van der Waals surface area contributed by atoms with Crippen molar-refractivity contribution in [2.75, 3.05) is 0 Å². The van der Waals surface area contributed by atoms with Gasteiger partial charge in [-0.25, -0.2) is 0 Å². The van der Waals surface area contributed by atoms with Gasteiger partial charge >= 0.3 is 51.4 Å². The Morgan fingerprint density at radius 2 is 1.90 bits per heavy atom. The van der Waals surface area contributed by atoms with Crippen molar-refractivity contribution in [3.8, 4) is 0 Å². The van der Waals surface area contributed by atoms with Gasteiger partial charge in [0.15, 0.2) is 0 Å². The first-order valence-electron chi connectivity index (χ1n) is 3.76. The Kier molecular flexibility index (Phi) is 14.3. The number of carbonyl (C=O) groups excluding carboxylic acids is 1. The van der Waals surface area contributed by atoms with E-state index in [0.29, 0.717) is 5.78 Å². The summed E-state index contributed by atoms with van der Waals surface area (Å²) in [6.45, 7) is 3.83. The van der Waals surface area contributed by atoms with Crippen molar-refractivity contribution in [3.63, 3.8) is 0 Å². The molecule has 0 aromatic carbocycles. The fourth-order valence-electron chi connectivity index (χ4n) is 0.801. The zero-order valence-corrected chi connectivity index (χ0v) is 10.6. The predicted octanol–water partition coefficient (Wildman–Crippen LogP) is -0.338. The molecular weight excluding hydrogens is 151 g/mol. The minimum absolute atomic E-state index is 0. The molecule has 0 fully saturated rings. The van der Waals surface area contributed by atoms with Gasteiger partial charge in [0.1, 0.15) is 5.78 Å². The fourth-order valence-corrected chi connectivity index (χ4v) is 0.801. The third-order valence-electron chi connectivity index (χ3n) is 1.38.